The van der Waals surface area contributed by atoms with Gasteiger partial charge in [0, 0.05) is 45.0 Å². The van der Waals surface area contributed by atoms with E-state index in [4.69, 9.17) is 9.15 Å². The monoisotopic (exact) mass is 502 g/mol. The molecule has 2 rings (SSSR count). The average molecular weight is 502 g/mol. The molecule has 0 aromatic carbocycles. The third-order valence-corrected chi connectivity index (χ3v) is 4.17. The van der Waals surface area contributed by atoms with Crippen LogP contribution in [0.4, 0.5) is 0 Å². The molecule has 2 aromatic rings. The molecule has 8 heteroatoms. The highest BCUT2D eigenvalue weighted by Crippen LogP contribution is 2.01. The van der Waals surface area contributed by atoms with Crippen molar-refractivity contribution in [3.8, 4) is 0 Å². The van der Waals surface area contributed by atoms with Crippen LogP contribution in [0.2, 0.25) is 0 Å². The van der Waals surface area contributed by atoms with Gasteiger partial charge in [-0.15, -0.1) is 24.0 Å². The van der Waals surface area contributed by atoms with Crippen molar-refractivity contribution in [1.82, 2.24) is 15.2 Å². The fraction of sp³-hybridized carbons (Fsp3) is 0.500. The second kappa shape index (κ2) is 14.2. The molecule has 0 aliphatic carbocycles. The zero-order chi connectivity index (χ0) is 19.3. The van der Waals surface area contributed by atoms with Crippen molar-refractivity contribution in [3.63, 3.8) is 0 Å². The minimum absolute atomic E-state index is 0. The van der Waals surface area contributed by atoms with Crippen molar-refractivity contribution in [1.29, 1.82) is 0 Å². The number of hydrogen-bond acceptors (Lipinski definition) is 4. The summed E-state index contributed by atoms with van der Waals surface area (Å²) in [5, 5.41) is 6.56. The lowest BCUT2D eigenvalue weighted by Crippen LogP contribution is -2.38. The van der Waals surface area contributed by atoms with E-state index >= 15 is 0 Å². The standard InChI is InChI=1S/C20H30N4O3.HI/c1-17-8-5-10-19(25)24(17)13-4-3-11-22-20(21-2)23-12-7-14-26-16-18-9-6-15-27-18;/h5-6,8-10,15H,3-4,7,11-14,16H2,1-2H3,(H2,21,22,23);1H. The van der Waals surface area contributed by atoms with Gasteiger partial charge in [-0.3, -0.25) is 9.79 Å². The summed E-state index contributed by atoms with van der Waals surface area (Å²) < 4.78 is 12.6. The van der Waals surface area contributed by atoms with E-state index in [1.54, 1.807) is 25.4 Å². The molecule has 2 N–H and O–H groups in total. The fourth-order valence-electron chi connectivity index (χ4n) is 2.68. The van der Waals surface area contributed by atoms with E-state index < -0.39 is 0 Å². The van der Waals surface area contributed by atoms with Crippen molar-refractivity contribution < 1.29 is 9.15 Å². The number of aryl methyl sites for hydroxylation is 1. The van der Waals surface area contributed by atoms with Crippen molar-refractivity contribution in [2.24, 2.45) is 4.99 Å². The highest BCUT2D eigenvalue weighted by molar-refractivity contribution is 14.0. The smallest absolute Gasteiger partial charge is 0.250 e. The largest absolute Gasteiger partial charge is 0.467 e. The molecule has 7 nitrogen and oxygen atoms in total. The van der Waals surface area contributed by atoms with Crippen LogP contribution < -0.4 is 16.2 Å². The second-order valence-corrected chi connectivity index (χ2v) is 6.28. The Hall–Kier alpha value is -1.81. The summed E-state index contributed by atoms with van der Waals surface area (Å²) >= 11 is 0. The molecule has 0 saturated heterocycles. The number of halogens is 1. The molecule has 0 spiro atoms. The average Bonchev–Trinajstić information content (AvgIpc) is 3.18. The summed E-state index contributed by atoms with van der Waals surface area (Å²) in [5.41, 5.74) is 1.07. The number of aliphatic imine (C=N–C) groups is 1. The first kappa shape index (κ1) is 24.2. The van der Waals surface area contributed by atoms with Gasteiger partial charge >= 0.3 is 0 Å². The van der Waals surface area contributed by atoms with Crippen molar-refractivity contribution in [2.45, 2.75) is 39.3 Å². The maximum absolute atomic E-state index is 11.8. The molecular weight excluding hydrogens is 471 g/mol. The molecule has 156 valence electrons. The Balaban J connectivity index is 0.00000392. The zero-order valence-corrected chi connectivity index (χ0v) is 19.0. The summed E-state index contributed by atoms with van der Waals surface area (Å²) in [6.45, 7) is 5.47. The summed E-state index contributed by atoms with van der Waals surface area (Å²) in [7, 11) is 1.76. The number of nitrogens with one attached hydrogen (secondary N) is 2. The molecule has 0 fully saturated rings. The molecule has 0 aliphatic heterocycles. The van der Waals surface area contributed by atoms with Gasteiger partial charge in [0.15, 0.2) is 5.96 Å². The number of pyridine rings is 1. The first-order valence-electron chi connectivity index (χ1n) is 9.42. The number of aromatic nitrogens is 1. The molecule has 2 heterocycles. The van der Waals surface area contributed by atoms with Gasteiger partial charge in [0.25, 0.3) is 5.56 Å². The Bertz CT molecular complexity index is 744. The molecular formula is C20H31IN4O3. The van der Waals surface area contributed by atoms with Gasteiger partial charge in [-0.2, -0.15) is 0 Å². The zero-order valence-electron chi connectivity index (χ0n) is 16.6. The van der Waals surface area contributed by atoms with Gasteiger partial charge in [0.05, 0.1) is 6.26 Å². The summed E-state index contributed by atoms with van der Waals surface area (Å²) in [6.07, 6.45) is 4.44. The summed E-state index contributed by atoms with van der Waals surface area (Å²) in [4.78, 5) is 16.0. The van der Waals surface area contributed by atoms with Crippen LogP contribution in [0.15, 0.2) is 50.8 Å². The van der Waals surface area contributed by atoms with Crippen LogP contribution in [0, 0.1) is 6.92 Å². The number of unbranched alkanes of at least 4 members (excludes halogenated alkanes) is 1. The number of guanidine groups is 1. The Kier molecular flexibility index (Phi) is 12.3. The number of hydrogen-bond donors (Lipinski definition) is 2. The Morgan fingerprint density at radius 3 is 2.61 bits per heavy atom. The quantitative estimate of drug-likeness (QED) is 0.214. The van der Waals surface area contributed by atoms with Crippen LogP contribution in [-0.4, -0.2) is 37.3 Å². The third-order valence-electron chi connectivity index (χ3n) is 4.17. The molecule has 2 aromatic heterocycles. The van der Waals surface area contributed by atoms with Gasteiger partial charge in [0.1, 0.15) is 12.4 Å². The molecule has 0 unspecified atom stereocenters. The SMILES string of the molecule is CN=C(NCCCCn1c(C)cccc1=O)NCCCOCc1ccco1.I. The number of rotatable bonds is 11. The number of furan rings is 1. The Morgan fingerprint density at radius 2 is 1.93 bits per heavy atom. The Morgan fingerprint density at radius 1 is 1.14 bits per heavy atom. The van der Waals surface area contributed by atoms with E-state index in [1.165, 1.54) is 0 Å². The lowest BCUT2D eigenvalue weighted by molar-refractivity contribution is 0.105. The van der Waals surface area contributed by atoms with E-state index in [1.807, 2.05) is 29.7 Å². The third kappa shape index (κ3) is 8.92. The van der Waals surface area contributed by atoms with Gasteiger partial charge in [-0.25, -0.2) is 0 Å². The van der Waals surface area contributed by atoms with E-state index in [0.29, 0.717) is 13.2 Å². The molecule has 28 heavy (non-hydrogen) atoms. The van der Waals surface area contributed by atoms with E-state index in [-0.39, 0.29) is 29.5 Å². The topological polar surface area (TPSA) is 80.8 Å². The van der Waals surface area contributed by atoms with E-state index in [9.17, 15) is 4.79 Å². The van der Waals surface area contributed by atoms with Crippen LogP contribution in [0.5, 0.6) is 0 Å². The van der Waals surface area contributed by atoms with Gasteiger partial charge in [-0.05, 0) is 44.4 Å². The molecule has 0 atom stereocenters. The first-order chi connectivity index (χ1) is 13.2. The Labute approximate surface area is 183 Å². The van der Waals surface area contributed by atoms with Gasteiger partial charge < -0.3 is 24.4 Å². The number of ether oxygens (including phenoxy) is 1. The highest BCUT2D eigenvalue weighted by atomic mass is 127. The normalized spacial score (nSPS) is 11.1. The predicted molar refractivity (Wildman–Crippen MR) is 122 cm³/mol. The van der Waals surface area contributed by atoms with E-state index in [2.05, 4.69) is 15.6 Å². The van der Waals surface area contributed by atoms with Crippen molar-refractivity contribution in [2.75, 3.05) is 26.7 Å². The number of nitrogens with zero attached hydrogens (tertiary/aromatic N) is 2. The summed E-state index contributed by atoms with van der Waals surface area (Å²) in [5.74, 6) is 1.63. The fourth-order valence-corrected chi connectivity index (χ4v) is 2.68. The van der Waals surface area contributed by atoms with Crippen LogP contribution >= 0.6 is 24.0 Å². The molecule has 0 radical (unpaired) electrons. The second-order valence-electron chi connectivity index (χ2n) is 6.28. The maximum Gasteiger partial charge on any atom is 0.250 e. The van der Waals surface area contributed by atoms with Crippen LogP contribution in [0.3, 0.4) is 0 Å². The van der Waals surface area contributed by atoms with Crippen molar-refractivity contribution in [3.05, 3.63) is 58.4 Å². The first-order valence-corrected chi connectivity index (χ1v) is 9.42. The van der Waals surface area contributed by atoms with Crippen molar-refractivity contribution >= 4 is 29.9 Å². The minimum Gasteiger partial charge on any atom is -0.467 e. The molecule has 0 bridgehead atoms. The van der Waals surface area contributed by atoms with Gasteiger partial charge in [-0.1, -0.05) is 6.07 Å². The molecule has 0 amide bonds. The van der Waals surface area contributed by atoms with Crippen LogP contribution in [-0.2, 0) is 17.9 Å². The van der Waals surface area contributed by atoms with Gasteiger partial charge in [0.2, 0.25) is 0 Å². The van der Waals surface area contributed by atoms with Crippen LogP contribution in [0.25, 0.3) is 0 Å². The lowest BCUT2D eigenvalue weighted by Gasteiger charge is -2.12. The van der Waals surface area contributed by atoms with E-state index in [0.717, 1.165) is 56.3 Å². The maximum atomic E-state index is 11.8. The van der Waals surface area contributed by atoms with Crippen LogP contribution in [0.1, 0.15) is 30.7 Å². The highest BCUT2D eigenvalue weighted by Gasteiger charge is 2.01. The lowest BCUT2D eigenvalue weighted by atomic mass is 10.3. The summed E-state index contributed by atoms with van der Waals surface area (Å²) in [6, 6.07) is 9.13. The molecule has 0 aliphatic rings. The predicted octanol–water partition coefficient (Wildman–Crippen LogP) is 2.92. The minimum atomic E-state index is 0. The molecule has 0 saturated carbocycles.